The van der Waals surface area contributed by atoms with Crippen LogP contribution in [0.15, 0.2) is 24.3 Å². The molecule has 0 aromatic heterocycles. The van der Waals surface area contributed by atoms with Crippen LogP contribution >= 0.6 is 11.8 Å². The molecule has 1 saturated heterocycles. The summed E-state index contributed by atoms with van der Waals surface area (Å²) in [6.07, 6.45) is -2.14. The molecule has 6 N–H and O–H groups in total. The van der Waals surface area contributed by atoms with Gasteiger partial charge < -0.3 is 40.3 Å². The van der Waals surface area contributed by atoms with E-state index in [0.29, 0.717) is 5.92 Å². The zero-order valence-corrected chi connectivity index (χ0v) is 22.0. The van der Waals surface area contributed by atoms with E-state index in [-0.39, 0.29) is 35.5 Å². The maximum atomic E-state index is 13.0. The van der Waals surface area contributed by atoms with Crippen molar-refractivity contribution in [2.45, 2.75) is 87.9 Å². The summed E-state index contributed by atoms with van der Waals surface area (Å²) in [5.74, 6) is -0.380. The molecule has 1 saturated carbocycles. The maximum absolute atomic E-state index is 13.0. The highest BCUT2D eigenvalue weighted by Gasteiger charge is 2.48. The second kappa shape index (κ2) is 13.8. The van der Waals surface area contributed by atoms with Crippen LogP contribution in [0.2, 0.25) is 0 Å². The number of esters is 1. The number of hydrogen-bond donors (Lipinski definition) is 6. The summed E-state index contributed by atoms with van der Waals surface area (Å²) in [7, 11) is 0. The Labute approximate surface area is 221 Å². The summed E-state index contributed by atoms with van der Waals surface area (Å²) in [6.45, 7) is 3.55. The number of ether oxygens (including phenoxy) is 2. The molecule has 3 rings (SSSR count). The minimum Gasteiger partial charge on any atom is -0.508 e. The lowest BCUT2D eigenvalue weighted by atomic mass is 9.91. The molecule has 1 aromatic rings. The minimum atomic E-state index is -1.57. The zero-order chi connectivity index (χ0) is 27.1. The van der Waals surface area contributed by atoms with Gasteiger partial charge in [0.1, 0.15) is 42.2 Å². The Hall–Kier alpha value is -1.89. The standard InChI is InChI=1S/C26H39NO9S/c1-3-5-15-8-9-16(12-15)24(33)27-19(14(2)28)23-21(31)20(30)22(32)26(36-23)37-11-10-35-25(34)17-6-4-7-18(29)13-17/h4,6-7,13-16,19-23,26,28-32H,3,5,8-12H2,1-2H3,(H,27,33)/t14-,15+,16+,19-,20+,21-,22-,23-,26-/m1/s1. The summed E-state index contributed by atoms with van der Waals surface area (Å²) in [6, 6.07) is 4.75. The second-order valence-corrected chi connectivity index (χ2v) is 11.1. The SMILES string of the molecule is CCC[C@H]1CC[C@H](C(=O)N[C@@H]([C@H]2O[C@H](SCCOC(=O)c3cccc(O)c3)[C@H](O)[C@@H](O)[C@H]2O)[C@@H](C)O)C1. The molecule has 0 unspecified atom stereocenters. The Kier molecular flexibility index (Phi) is 11.0. The molecule has 2 aliphatic rings. The maximum Gasteiger partial charge on any atom is 0.338 e. The van der Waals surface area contributed by atoms with E-state index in [1.54, 1.807) is 0 Å². The van der Waals surface area contributed by atoms with Gasteiger partial charge in [-0.3, -0.25) is 4.79 Å². The van der Waals surface area contributed by atoms with Crippen LogP contribution in [-0.4, -0.2) is 91.8 Å². The number of thioether (sulfide) groups is 1. The molecule has 1 aliphatic heterocycles. The number of aliphatic hydroxyl groups is 4. The summed E-state index contributed by atoms with van der Waals surface area (Å²) in [4.78, 5) is 25.1. The number of benzene rings is 1. The van der Waals surface area contributed by atoms with Crippen LogP contribution in [0.25, 0.3) is 0 Å². The Bertz CT molecular complexity index is 901. The number of phenols is 1. The van der Waals surface area contributed by atoms with E-state index in [2.05, 4.69) is 12.2 Å². The average molecular weight is 542 g/mol. The van der Waals surface area contributed by atoms with Crippen molar-refractivity contribution in [2.75, 3.05) is 12.4 Å². The third-order valence-corrected chi connectivity index (χ3v) is 8.20. The number of carbonyl (C=O) groups is 2. The Morgan fingerprint density at radius 2 is 1.95 bits per heavy atom. The van der Waals surface area contributed by atoms with Crippen molar-refractivity contribution in [2.24, 2.45) is 11.8 Å². The van der Waals surface area contributed by atoms with Gasteiger partial charge in [0.25, 0.3) is 0 Å². The van der Waals surface area contributed by atoms with Crippen molar-refractivity contribution in [3.8, 4) is 5.75 Å². The van der Waals surface area contributed by atoms with Gasteiger partial charge in [-0.05, 0) is 50.3 Å². The molecular weight excluding hydrogens is 502 g/mol. The highest BCUT2D eigenvalue weighted by atomic mass is 32.2. The van der Waals surface area contributed by atoms with Gasteiger partial charge in [0.05, 0.1) is 17.7 Å². The van der Waals surface area contributed by atoms with Crippen LogP contribution in [0.5, 0.6) is 5.75 Å². The molecule has 0 spiro atoms. The third kappa shape index (κ3) is 7.81. The Balaban J connectivity index is 1.57. The fourth-order valence-corrected chi connectivity index (χ4v) is 6.04. The van der Waals surface area contributed by atoms with Gasteiger partial charge in [0, 0.05) is 11.7 Å². The van der Waals surface area contributed by atoms with Gasteiger partial charge in [-0.15, -0.1) is 11.8 Å². The quantitative estimate of drug-likeness (QED) is 0.177. The number of amides is 1. The van der Waals surface area contributed by atoms with E-state index >= 15 is 0 Å². The van der Waals surface area contributed by atoms with Crippen LogP contribution in [-0.2, 0) is 14.3 Å². The first-order valence-electron chi connectivity index (χ1n) is 12.9. The summed E-state index contributed by atoms with van der Waals surface area (Å²) < 4.78 is 11.1. The molecule has 10 nitrogen and oxygen atoms in total. The number of aromatic hydroxyl groups is 1. The predicted molar refractivity (Wildman–Crippen MR) is 137 cm³/mol. The van der Waals surface area contributed by atoms with Gasteiger partial charge in [0.2, 0.25) is 5.91 Å². The minimum absolute atomic E-state index is 0.0355. The second-order valence-electron chi connectivity index (χ2n) is 9.94. The molecule has 11 heteroatoms. The molecule has 37 heavy (non-hydrogen) atoms. The van der Waals surface area contributed by atoms with Crippen LogP contribution in [0.4, 0.5) is 0 Å². The van der Waals surface area contributed by atoms with E-state index in [1.807, 2.05) is 0 Å². The molecule has 208 valence electrons. The molecular formula is C26H39NO9S. The number of rotatable bonds is 11. The first-order chi connectivity index (χ1) is 17.6. The average Bonchev–Trinajstić information content (AvgIpc) is 3.34. The zero-order valence-electron chi connectivity index (χ0n) is 21.2. The van der Waals surface area contributed by atoms with Crippen LogP contribution in [0.3, 0.4) is 0 Å². The molecule has 1 heterocycles. The normalized spacial score (nSPS) is 31.5. The molecule has 2 fully saturated rings. The topological polar surface area (TPSA) is 166 Å². The monoisotopic (exact) mass is 541 g/mol. The van der Waals surface area contributed by atoms with Crippen LogP contribution < -0.4 is 5.32 Å². The van der Waals surface area contributed by atoms with Crippen molar-refractivity contribution in [1.82, 2.24) is 5.32 Å². The van der Waals surface area contributed by atoms with Gasteiger partial charge >= 0.3 is 5.97 Å². The van der Waals surface area contributed by atoms with Gasteiger partial charge in [-0.2, -0.15) is 0 Å². The fraction of sp³-hybridized carbons (Fsp3) is 0.692. The fourth-order valence-electron chi connectivity index (χ4n) is 5.07. The largest absolute Gasteiger partial charge is 0.508 e. The van der Waals surface area contributed by atoms with Crippen LogP contribution in [0, 0.1) is 11.8 Å². The highest BCUT2D eigenvalue weighted by molar-refractivity contribution is 7.99. The number of phenolic OH excluding ortho intramolecular Hbond substituents is 1. The molecule has 1 aromatic carbocycles. The summed E-state index contributed by atoms with van der Waals surface area (Å²) in [5.41, 5.74) is -0.808. The van der Waals surface area contributed by atoms with Crippen molar-refractivity contribution in [1.29, 1.82) is 0 Å². The number of nitrogens with one attached hydrogen (secondary N) is 1. The highest BCUT2D eigenvalue weighted by Crippen LogP contribution is 2.35. The summed E-state index contributed by atoms with van der Waals surface area (Å²) in [5, 5.41) is 54.3. The lowest BCUT2D eigenvalue weighted by Crippen LogP contribution is -2.65. The van der Waals surface area contributed by atoms with Crippen molar-refractivity contribution in [3.05, 3.63) is 29.8 Å². The van der Waals surface area contributed by atoms with E-state index in [0.717, 1.165) is 43.9 Å². The Morgan fingerprint density at radius 3 is 2.62 bits per heavy atom. The van der Waals surface area contributed by atoms with Gasteiger partial charge in [-0.25, -0.2) is 4.79 Å². The molecule has 9 atom stereocenters. The lowest BCUT2D eigenvalue weighted by Gasteiger charge is -2.44. The van der Waals surface area contributed by atoms with E-state index < -0.39 is 48.0 Å². The van der Waals surface area contributed by atoms with Gasteiger partial charge in [-0.1, -0.05) is 25.8 Å². The Morgan fingerprint density at radius 1 is 1.19 bits per heavy atom. The van der Waals surface area contributed by atoms with Gasteiger partial charge in [0.15, 0.2) is 0 Å². The molecule has 0 bridgehead atoms. The number of aliphatic hydroxyl groups excluding tert-OH is 4. The van der Waals surface area contributed by atoms with E-state index in [9.17, 15) is 35.1 Å². The molecule has 1 aliphatic carbocycles. The molecule has 0 radical (unpaired) electrons. The smallest absolute Gasteiger partial charge is 0.338 e. The number of carbonyl (C=O) groups excluding carboxylic acids is 2. The third-order valence-electron chi connectivity index (χ3n) is 7.08. The lowest BCUT2D eigenvalue weighted by molar-refractivity contribution is -0.211. The van der Waals surface area contributed by atoms with Crippen molar-refractivity contribution < 1.29 is 44.6 Å². The van der Waals surface area contributed by atoms with Crippen LogP contribution in [0.1, 0.15) is 56.3 Å². The predicted octanol–water partition coefficient (Wildman–Crippen LogP) is 1.17. The number of hydrogen-bond acceptors (Lipinski definition) is 10. The first-order valence-corrected chi connectivity index (χ1v) is 13.9. The van der Waals surface area contributed by atoms with Crippen molar-refractivity contribution >= 4 is 23.6 Å². The summed E-state index contributed by atoms with van der Waals surface area (Å²) >= 11 is 1.07. The van der Waals surface area contributed by atoms with E-state index in [1.165, 1.54) is 31.2 Å². The van der Waals surface area contributed by atoms with E-state index in [4.69, 9.17) is 9.47 Å². The molecule has 1 amide bonds. The van der Waals surface area contributed by atoms with Crippen molar-refractivity contribution in [3.63, 3.8) is 0 Å². The first kappa shape index (κ1) is 29.7.